The Morgan fingerprint density at radius 2 is 1.84 bits per heavy atom. The topological polar surface area (TPSA) is 126 Å². The Labute approximate surface area is 244 Å². The summed E-state index contributed by atoms with van der Waals surface area (Å²) in [7, 11) is -3.43. The first-order chi connectivity index (χ1) is 20.2. The molecule has 4 rings (SSSR count). The maximum Gasteiger partial charge on any atom is 0.419 e. The lowest BCUT2D eigenvalue weighted by atomic mass is 10.1. The van der Waals surface area contributed by atoms with Crippen molar-refractivity contribution in [1.82, 2.24) is 19.4 Å². The number of nitrogens with zero attached hydrogens (tertiary/aromatic N) is 5. The first-order valence-corrected chi connectivity index (χ1v) is 15.0. The van der Waals surface area contributed by atoms with E-state index in [4.69, 9.17) is 0 Å². The van der Waals surface area contributed by atoms with Crippen LogP contribution in [0.15, 0.2) is 65.6 Å². The SMILES string of the molecule is C[C@H](c1nc2ncccc2c(=O)n1-c1ccc(C#N)cc1)N(CCCS(C)(=O)=O)C(=O)Cc1ccc(F)c(C(F)(F)F)c1. The van der Waals surface area contributed by atoms with Crippen LogP contribution in [0.2, 0.25) is 0 Å². The largest absolute Gasteiger partial charge is 0.419 e. The maximum atomic E-state index is 13.9. The minimum absolute atomic E-state index is 0.0148. The van der Waals surface area contributed by atoms with E-state index in [2.05, 4.69) is 9.97 Å². The number of halogens is 4. The fraction of sp³-hybridized carbons (Fsp3) is 0.276. The van der Waals surface area contributed by atoms with Crippen LogP contribution in [0, 0.1) is 17.1 Å². The number of pyridine rings is 1. The molecular formula is C29H25F4N5O4S. The van der Waals surface area contributed by atoms with Crippen LogP contribution >= 0.6 is 0 Å². The highest BCUT2D eigenvalue weighted by molar-refractivity contribution is 7.90. The number of carbonyl (C=O) groups excluding carboxylic acids is 1. The number of hydrogen-bond donors (Lipinski definition) is 0. The zero-order valence-electron chi connectivity index (χ0n) is 23.0. The lowest BCUT2D eigenvalue weighted by Gasteiger charge is -2.31. The molecule has 0 bridgehead atoms. The lowest BCUT2D eigenvalue weighted by Crippen LogP contribution is -2.39. The summed E-state index contributed by atoms with van der Waals surface area (Å²) in [6.45, 7) is 1.39. The molecule has 1 amide bonds. The highest BCUT2D eigenvalue weighted by atomic mass is 32.2. The van der Waals surface area contributed by atoms with Gasteiger partial charge in [0.1, 0.15) is 21.5 Å². The molecular weight excluding hydrogens is 590 g/mol. The van der Waals surface area contributed by atoms with Crippen LogP contribution in [0.5, 0.6) is 0 Å². The third-order valence-electron chi connectivity index (χ3n) is 6.69. The Bertz CT molecular complexity index is 1880. The van der Waals surface area contributed by atoms with Crippen molar-refractivity contribution < 1.29 is 30.8 Å². The van der Waals surface area contributed by atoms with Gasteiger partial charge < -0.3 is 4.90 Å². The van der Waals surface area contributed by atoms with Crippen LogP contribution < -0.4 is 5.56 Å². The number of benzene rings is 2. The molecule has 2 aromatic carbocycles. The molecule has 1 atom stereocenters. The van der Waals surface area contributed by atoms with Gasteiger partial charge in [-0.3, -0.25) is 14.2 Å². The van der Waals surface area contributed by atoms with Crippen molar-refractivity contribution in [2.75, 3.05) is 18.6 Å². The van der Waals surface area contributed by atoms with Gasteiger partial charge in [-0.2, -0.15) is 18.4 Å². The minimum Gasteiger partial charge on any atom is -0.332 e. The number of alkyl halides is 3. The van der Waals surface area contributed by atoms with Gasteiger partial charge in [-0.15, -0.1) is 0 Å². The van der Waals surface area contributed by atoms with Gasteiger partial charge >= 0.3 is 6.18 Å². The average molecular weight is 616 g/mol. The van der Waals surface area contributed by atoms with Gasteiger partial charge in [-0.05, 0) is 67.4 Å². The summed E-state index contributed by atoms with van der Waals surface area (Å²) in [6, 6.07) is 12.3. The molecule has 0 N–H and O–H groups in total. The number of fused-ring (bicyclic) bond motifs is 1. The van der Waals surface area contributed by atoms with Crippen LogP contribution in [0.3, 0.4) is 0 Å². The number of rotatable bonds is 9. The zero-order valence-corrected chi connectivity index (χ0v) is 23.8. The molecule has 4 aromatic rings. The Morgan fingerprint density at radius 3 is 2.47 bits per heavy atom. The molecule has 0 aliphatic heterocycles. The summed E-state index contributed by atoms with van der Waals surface area (Å²) in [6.07, 6.45) is -3.11. The summed E-state index contributed by atoms with van der Waals surface area (Å²) in [4.78, 5) is 37.3. The van der Waals surface area contributed by atoms with Crippen molar-refractivity contribution in [2.45, 2.75) is 32.0 Å². The molecule has 0 saturated carbocycles. The van der Waals surface area contributed by atoms with Crippen molar-refractivity contribution in [1.29, 1.82) is 5.26 Å². The monoisotopic (exact) mass is 615 g/mol. The summed E-state index contributed by atoms with van der Waals surface area (Å²) >= 11 is 0. The smallest absolute Gasteiger partial charge is 0.332 e. The number of hydrogen-bond acceptors (Lipinski definition) is 7. The van der Waals surface area contributed by atoms with Crippen LogP contribution in [-0.2, 0) is 27.2 Å². The lowest BCUT2D eigenvalue weighted by molar-refractivity contribution is -0.140. The maximum absolute atomic E-state index is 13.9. The number of amides is 1. The third kappa shape index (κ3) is 7.23. The molecule has 2 aromatic heterocycles. The van der Waals surface area contributed by atoms with E-state index in [0.717, 1.165) is 12.3 Å². The molecule has 0 radical (unpaired) electrons. The quantitative estimate of drug-likeness (QED) is 0.256. The van der Waals surface area contributed by atoms with Gasteiger partial charge in [-0.1, -0.05) is 6.07 Å². The molecule has 14 heteroatoms. The third-order valence-corrected chi connectivity index (χ3v) is 7.72. The Hall–Kier alpha value is -4.64. The van der Waals surface area contributed by atoms with E-state index < -0.39 is 51.3 Å². The standard InChI is InChI=1S/C29H25F4N5O4S/c1-18(27-36-26-22(5-3-12-35-26)28(40)38(27)21-9-6-19(17-34)7-10-21)37(13-4-14-43(2,41)42)25(39)16-20-8-11-24(30)23(15-20)29(31,32)33/h3,5-12,15,18H,4,13-14,16H2,1-2H3/t18-/m1/s1. The number of sulfone groups is 1. The van der Waals surface area contributed by atoms with E-state index >= 15 is 0 Å². The van der Waals surface area contributed by atoms with Crippen molar-refractivity contribution in [2.24, 2.45) is 0 Å². The highest BCUT2D eigenvalue weighted by Crippen LogP contribution is 2.32. The second-order valence-electron chi connectivity index (χ2n) is 9.88. The molecule has 0 saturated heterocycles. The fourth-order valence-corrected chi connectivity index (χ4v) is 5.25. The Kier molecular flexibility index (Phi) is 8.96. The van der Waals surface area contributed by atoms with E-state index in [1.807, 2.05) is 6.07 Å². The van der Waals surface area contributed by atoms with E-state index in [-0.39, 0.29) is 41.1 Å². The van der Waals surface area contributed by atoms with Crippen LogP contribution in [0.1, 0.15) is 41.9 Å². The van der Waals surface area contributed by atoms with Crippen molar-refractivity contribution >= 4 is 26.8 Å². The molecule has 0 aliphatic carbocycles. The minimum atomic E-state index is -4.98. The molecule has 2 heterocycles. The summed E-state index contributed by atoms with van der Waals surface area (Å²) < 4.78 is 78.7. The van der Waals surface area contributed by atoms with Crippen LogP contribution in [-0.4, -0.2) is 52.3 Å². The van der Waals surface area contributed by atoms with E-state index in [0.29, 0.717) is 23.4 Å². The second kappa shape index (κ2) is 12.3. The van der Waals surface area contributed by atoms with Gasteiger partial charge in [0.15, 0.2) is 5.65 Å². The first-order valence-electron chi connectivity index (χ1n) is 12.9. The van der Waals surface area contributed by atoms with Crippen molar-refractivity contribution in [3.8, 4) is 11.8 Å². The predicted molar refractivity (Wildman–Crippen MR) is 149 cm³/mol. The number of aromatic nitrogens is 3. The van der Waals surface area contributed by atoms with E-state index in [1.165, 1.54) is 46.0 Å². The van der Waals surface area contributed by atoms with Gasteiger partial charge in [-0.25, -0.2) is 22.8 Å². The average Bonchev–Trinajstić information content (AvgIpc) is 2.95. The molecule has 0 fully saturated rings. The highest BCUT2D eigenvalue weighted by Gasteiger charge is 2.35. The van der Waals surface area contributed by atoms with Gasteiger partial charge in [0, 0.05) is 19.0 Å². The summed E-state index contributed by atoms with van der Waals surface area (Å²) in [5, 5.41) is 9.37. The van der Waals surface area contributed by atoms with Crippen molar-refractivity contribution in [3.05, 3.63) is 99.5 Å². The van der Waals surface area contributed by atoms with E-state index in [9.17, 15) is 40.8 Å². The molecule has 0 aliphatic rings. The molecule has 224 valence electrons. The fourth-order valence-electron chi connectivity index (χ4n) is 4.60. The predicted octanol–water partition coefficient (Wildman–Crippen LogP) is 4.38. The number of carbonyl (C=O) groups is 1. The first kappa shape index (κ1) is 31.3. The van der Waals surface area contributed by atoms with Crippen LogP contribution in [0.4, 0.5) is 17.6 Å². The Balaban J connectivity index is 1.82. The second-order valence-corrected chi connectivity index (χ2v) is 12.1. The summed E-state index contributed by atoms with van der Waals surface area (Å²) in [5.74, 6) is -2.43. The summed E-state index contributed by atoms with van der Waals surface area (Å²) in [5.41, 5.74) is -1.43. The normalized spacial score (nSPS) is 12.6. The Morgan fingerprint density at radius 1 is 1.14 bits per heavy atom. The van der Waals surface area contributed by atoms with Gasteiger partial charge in [0.25, 0.3) is 5.56 Å². The molecule has 43 heavy (non-hydrogen) atoms. The molecule has 0 unspecified atom stereocenters. The van der Waals surface area contributed by atoms with E-state index in [1.54, 1.807) is 13.0 Å². The molecule has 0 spiro atoms. The zero-order chi connectivity index (χ0) is 31.5. The van der Waals surface area contributed by atoms with Gasteiger partial charge in [0.05, 0.1) is 46.5 Å². The number of nitriles is 1. The molecule has 9 nitrogen and oxygen atoms in total. The van der Waals surface area contributed by atoms with Crippen molar-refractivity contribution in [3.63, 3.8) is 0 Å². The van der Waals surface area contributed by atoms with Crippen LogP contribution in [0.25, 0.3) is 16.7 Å². The van der Waals surface area contributed by atoms with Gasteiger partial charge in [0.2, 0.25) is 5.91 Å².